The average molecular weight is 882 g/mol. The summed E-state index contributed by atoms with van der Waals surface area (Å²) in [5.41, 5.74) is 3.67. The molecule has 65 heavy (non-hydrogen) atoms. The van der Waals surface area contributed by atoms with Gasteiger partial charge >= 0.3 is 0 Å². The van der Waals surface area contributed by atoms with Gasteiger partial charge < -0.3 is 25.5 Å². The molecular formula is C47H51N11O7. The second-order valence-electron chi connectivity index (χ2n) is 17.0. The van der Waals surface area contributed by atoms with Crippen LogP contribution in [0.5, 0.6) is 0 Å². The van der Waals surface area contributed by atoms with Crippen LogP contribution in [0.25, 0.3) is 16.9 Å². The summed E-state index contributed by atoms with van der Waals surface area (Å²) in [6, 6.07) is 15.7. The number of imide groups is 2. The van der Waals surface area contributed by atoms with Crippen LogP contribution in [0.1, 0.15) is 90.3 Å². The number of aromatic nitrogens is 5. The van der Waals surface area contributed by atoms with Crippen LogP contribution in [0.4, 0.5) is 23.0 Å². The Morgan fingerprint density at radius 1 is 0.923 bits per heavy atom. The third-order valence-electron chi connectivity index (χ3n) is 12.9. The Morgan fingerprint density at radius 3 is 2.45 bits per heavy atom. The summed E-state index contributed by atoms with van der Waals surface area (Å²) in [6.45, 7) is 9.28. The van der Waals surface area contributed by atoms with Crippen LogP contribution in [0, 0.1) is 0 Å². The molecule has 5 amide bonds. The van der Waals surface area contributed by atoms with Crippen LogP contribution in [0.15, 0.2) is 78.2 Å². The maximum Gasteiger partial charge on any atom is 0.278 e. The lowest BCUT2D eigenvalue weighted by Crippen LogP contribution is -2.54. The van der Waals surface area contributed by atoms with Crippen molar-refractivity contribution in [3.63, 3.8) is 0 Å². The minimum absolute atomic E-state index is 0.0663. The highest BCUT2D eigenvalue weighted by Gasteiger charge is 2.44. The van der Waals surface area contributed by atoms with Crippen molar-refractivity contribution in [3.05, 3.63) is 106 Å². The van der Waals surface area contributed by atoms with Crippen molar-refractivity contribution in [2.24, 2.45) is 0 Å². The van der Waals surface area contributed by atoms with E-state index in [1.54, 1.807) is 29.0 Å². The molecule has 3 aliphatic heterocycles. The van der Waals surface area contributed by atoms with E-state index in [-0.39, 0.29) is 42.0 Å². The zero-order chi connectivity index (χ0) is 45.4. The molecule has 4 N–H and O–H groups in total. The predicted molar refractivity (Wildman–Crippen MR) is 242 cm³/mol. The molecular weight excluding hydrogens is 831 g/mol. The lowest BCUT2D eigenvalue weighted by atomic mass is 9.98. The summed E-state index contributed by atoms with van der Waals surface area (Å²) in [7, 11) is 0. The molecule has 9 rings (SSSR count). The molecule has 0 radical (unpaired) electrons. The van der Waals surface area contributed by atoms with Gasteiger partial charge in [-0.2, -0.15) is 4.98 Å². The summed E-state index contributed by atoms with van der Waals surface area (Å²) >= 11 is 0. The van der Waals surface area contributed by atoms with E-state index in [0.717, 1.165) is 47.5 Å². The van der Waals surface area contributed by atoms with Crippen LogP contribution in [0.2, 0.25) is 0 Å². The maximum atomic E-state index is 13.5. The van der Waals surface area contributed by atoms with Crippen molar-refractivity contribution in [1.29, 1.82) is 0 Å². The predicted octanol–water partition coefficient (Wildman–Crippen LogP) is 4.17. The number of aryl methyl sites for hydroxylation is 1. The molecule has 1 unspecified atom stereocenters. The van der Waals surface area contributed by atoms with Crippen LogP contribution in [0.3, 0.4) is 0 Å². The van der Waals surface area contributed by atoms with Crippen molar-refractivity contribution in [1.82, 2.24) is 39.4 Å². The lowest BCUT2D eigenvalue weighted by molar-refractivity contribution is -0.136. The van der Waals surface area contributed by atoms with Gasteiger partial charge in [0.15, 0.2) is 11.5 Å². The van der Waals surface area contributed by atoms with Gasteiger partial charge in [0.25, 0.3) is 17.4 Å². The molecule has 5 aromatic rings. The van der Waals surface area contributed by atoms with E-state index in [1.807, 2.05) is 48.2 Å². The van der Waals surface area contributed by atoms with Crippen LogP contribution in [-0.4, -0.2) is 108 Å². The van der Waals surface area contributed by atoms with Crippen molar-refractivity contribution in [3.8, 4) is 5.82 Å². The first kappa shape index (κ1) is 43.1. The fraction of sp³-hybridized carbons (Fsp3) is 0.383. The Balaban J connectivity index is 0.739. The van der Waals surface area contributed by atoms with E-state index >= 15 is 0 Å². The number of fused-ring (bicyclic) bond motifs is 3. The number of benzene rings is 2. The van der Waals surface area contributed by atoms with Crippen LogP contribution < -0.4 is 26.4 Å². The molecule has 3 aromatic heterocycles. The summed E-state index contributed by atoms with van der Waals surface area (Å²) in [6.07, 6.45) is 8.06. The number of hydrogen-bond donors (Lipinski definition) is 4. The molecule has 18 heteroatoms. The number of carbonyl (C=O) groups excluding carboxylic acids is 5. The van der Waals surface area contributed by atoms with Gasteiger partial charge in [-0.25, -0.2) is 19.3 Å². The lowest BCUT2D eigenvalue weighted by Gasteiger charge is -2.36. The Hall–Kier alpha value is -7.21. The van der Waals surface area contributed by atoms with Gasteiger partial charge in [0.2, 0.25) is 23.7 Å². The first-order valence-electron chi connectivity index (χ1n) is 22.3. The number of allylic oxidation sites excluding steroid dienone is 1. The van der Waals surface area contributed by atoms with Gasteiger partial charge in [0, 0.05) is 68.8 Å². The summed E-state index contributed by atoms with van der Waals surface area (Å²) in [4.78, 5) is 95.9. The number of aliphatic hydroxyl groups is 1. The van der Waals surface area contributed by atoms with Gasteiger partial charge in [-0.1, -0.05) is 25.5 Å². The third kappa shape index (κ3) is 8.25. The van der Waals surface area contributed by atoms with Gasteiger partial charge in [-0.3, -0.25) is 39.0 Å². The first-order valence-corrected chi connectivity index (χ1v) is 22.3. The molecule has 336 valence electrons. The summed E-state index contributed by atoms with van der Waals surface area (Å²) in [5.74, 6) is -1.21. The molecule has 2 aromatic carbocycles. The summed E-state index contributed by atoms with van der Waals surface area (Å²) < 4.78 is 3.19. The standard InChI is InChI=1S/C47H51N11O7/c1-3-22-56-43(62)35-28-49-46(53-41(35)58(56)37-17-9-29-19-20-47(65,4-2)40(29)51-37)50-30-10-13-32(14-11-30)54-23-25-55(26-24-54)39(60)8-6-5-7-21-48-31-12-15-33-34(27-31)45(64)57(44(33)63)36-16-18-38(59)52-42(36)61/h3,9-15,17,27-28,36,48,65H,1,4-8,16,18-26H2,2H3,(H,49,50,53)(H,52,59,61)/t36?,47-/m1/s1. The molecule has 0 spiro atoms. The topological polar surface area (TPSA) is 217 Å². The number of rotatable bonds is 15. The van der Waals surface area contributed by atoms with E-state index in [4.69, 9.17) is 9.97 Å². The number of piperazine rings is 1. The fourth-order valence-electron chi connectivity index (χ4n) is 9.26. The fourth-order valence-corrected chi connectivity index (χ4v) is 9.26. The van der Waals surface area contributed by atoms with E-state index in [9.17, 15) is 33.9 Å². The number of hydrogen-bond acceptors (Lipinski definition) is 13. The molecule has 18 nitrogen and oxygen atoms in total. The van der Waals surface area contributed by atoms with E-state index in [0.29, 0.717) is 86.2 Å². The number of pyridine rings is 1. The maximum absolute atomic E-state index is 13.5. The highest BCUT2D eigenvalue weighted by atomic mass is 16.3. The third-order valence-corrected chi connectivity index (χ3v) is 12.9. The first-order chi connectivity index (χ1) is 31.5. The number of amides is 5. The van der Waals surface area contributed by atoms with Crippen molar-refractivity contribution in [2.45, 2.75) is 82.9 Å². The number of unbranched alkanes of at least 4 members (excludes halogenated alkanes) is 2. The normalized spacial score (nSPS) is 19.4. The molecule has 2 saturated heterocycles. The minimum Gasteiger partial charge on any atom is -0.385 e. The monoisotopic (exact) mass is 881 g/mol. The zero-order valence-electron chi connectivity index (χ0n) is 36.2. The highest BCUT2D eigenvalue weighted by molar-refractivity contribution is 6.23. The highest BCUT2D eigenvalue weighted by Crippen LogP contribution is 2.38. The van der Waals surface area contributed by atoms with Gasteiger partial charge in [0.05, 0.1) is 23.4 Å². The second kappa shape index (κ2) is 17.8. The van der Waals surface area contributed by atoms with E-state index in [1.165, 1.54) is 10.9 Å². The number of nitrogens with zero attached hydrogens (tertiary/aromatic N) is 8. The Morgan fingerprint density at radius 2 is 1.69 bits per heavy atom. The van der Waals surface area contributed by atoms with Crippen molar-refractivity contribution in [2.75, 3.05) is 48.3 Å². The Bertz CT molecular complexity index is 2790. The molecule has 4 aliphatic rings. The van der Waals surface area contributed by atoms with Crippen molar-refractivity contribution < 1.29 is 29.1 Å². The number of nitrogens with one attached hydrogen (secondary N) is 3. The quantitative estimate of drug-likeness (QED) is 0.0661. The number of carbonyl (C=O) groups is 5. The molecule has 6 heterocycles. The number of piperidine rings is 1. The zero-order valence-corrected chi connectivity index (χ0v) is 36.2. The van der Waals surface area contributed by atoms with Gasteiger partial charge in [-0.15, -0.1) is 6.58 Å². The molecule has 0 bridgehead atoms. The van der Waals surface area contributed by atoms with Crippen LogP contribution >= 0.6 is 0 Å². The van der Waals surface area contributed by atoms with E-state index in [2.05, 4.69) is 32.4 Å². The molecule has 0 saturated carbocycles. The van der Waals surface area contributed by atoms with Gasteiger partial charge in [-0.05, 0) is 92.6 Å². The summed E-state index contributed by atoms with van der Waals surface area (Å²) in [5, 5.41) is 20.4. The van der Waals surface area contributed by atoms with Crippen LogP contribution in [-0.2, 0) is 33.0 Å². The van der Waals surface area contributed by atoms with E-state index < -0.39 is 35.3 Å². The molecule has 2 fully saturated rings. The Labute approximate surface area is 374 Å². The largest absolute Gasteiger partial charge is 0.385 e. The van der Waals surface area contributed by atoms with Crippen molar-refractivity contribution >= 4 is 63.6 Å². The average Bonchev–Trinajstić information content (AvgIpc) is 3.89. The molecule has 1 aliphatic carbocycles. The van der Waals surface area contributed by atoms with Gasteiger partial charge in [0.1, 0.15) is 17.0 Å². The second-order valence-corrected chi connectivity index (χ2v) is 17.0. The SMILES string of the molecule is C=CCn1c(=O)c2cnc(Nc3ccc(N4CCN(C(=O)CCCCCNc5ccc6c(c5)C(=O)N(C5CCC(=O)NC5=O)C6=O)CC4)cc3)nc2n1-c1ccc2c(n1)[C@@](O)(CC)CC2. The molecule has 2 atom stereocenters. The smallest absolute Gasteiger partial charge is 0.278 e. The number of anilines is 4. The Kier molecular flexibility index (Phi) is 11.8. The minimum atomic E-state index is -1.02.